The number of aromatic carboxylic acids is 1. The summed E-state index contributed by atoms with van der Waals surface area (Å²) in [6, 6.07) is 5.88. The normalized spacial score (nSPS) is 14.1. The van der Waals surface area contributed by atoms with Crippen LogP contribution in [-0.2, 0) is 16.1 Å². The average Bonchev–Trinajstić information content (AvgIpc) is 2.60. The van der Waals surface area contributed by atoms with Gasteiger partial charge in [0.2, 0.25) is 5.91 Å². The van der Waals surface area contributed by atoms with Crippen molar-refractivity contribution in [2.75, 3.05) is 39.9 Å². The van der Waals surface area contributed by atoms with Crippen molar-refractivity contribution in [3.63, 3.8) is 0 Å². The molecule has 0 atom stereocenters. The molecule has 1 aliphatic rings. The van der Waals surface area contributed by atoms with Crippen LogP contribution in [0.25, 0.3) is 0 Å². The number of nitrogens with zero attached hydrogens (tertiary/aromatic N) is 2. The van der Waals surface area contributed by atoms with Crippen molar-refractivity contribution in [3.8, 4) is 0 Å². The zero-order valence-corrected chi connectivity index (χ0v) is 13.5. The lowest BCUT2D eigenvalue weighted by atomic mass is 10.1. The number of hydrogen-bond acceptors (Lipinski definition) is 4. The van der Waals surface area contributed by atoms with Crippen LogP contribution in [0.5, 0.6) is 0 Å². The highest BCUT2D eigenvalue weighted by Crippen LogP contribution is 2.04. The molecule has 0 spiro atoms. The molecule has 1 aromatic rings. The Morgan fingerprint density at radius 1 is 1.21 bits per heavy atom. The fraction of sp³-hybridized carbons (Fsp3) is 0.438. The lowest BCUT2D eigenvalue weighted by molar-refractivity contribution is -0.135. The fourth-order valence-electron chi connectivity index (χ4n) is 2.27. The monoisotopic (exact) mass is 335 g/mol. The van der Waals surface area contributed by atoms with Crippen LogP contribution >= 0.6 is 0 Å². The quantitative estimate of drug-likeness (QED) is 0.811. The van der Waals surface area contributed by atoms with E-state index in [-0.39, 0.29) is 30.6 Å². The minimum Gasteiger partial charge on any atom is -0.478 e. The van der Waals surface area contributed by atoms with Gasteiger partial charge in [0.15, 0.2) is 0 Å². The summed E-state index contributed by atoms with van der Waals surface area (Å²) in [5, 5.41) is 11.5. The highest BCUT2D eigenvalue weighted by Gasteiger charge is 2.20. The third-order valence-corrected chi connectivity index (χ3v) is 3.73. The molecule has 24 heavy (non-hydrogen) atoms. The zero-order chi connectivity index (χ0) is 17.5. The molecule has 1 aliphatic heterocycles. The van der Waals surface area contributed by atoms with Crippen molar-refractivity contribution in [2.24, 2.45) is 0 Å². The minimum absolute atomic E-state index is 0.00376. The molecule has 0 unspecified atom stereocenters. The summed E-state index contributed by atoms with van der Waals surface area (Å²) in [6.07, 6.45) is 0. The molecule has 0 bridgehead atoms. The number of ether oxygens (including phenoxy) is 1. The van der Waals surface area contributed by atoms with Gasteiger partial charge in [-0.25, -0.2) is 9.59 Å². The molecule has 0 aliphatic carbocycles. The number of nitrogens with one attached hydrogen (secondary N) is 1. The average molecular weight is 335 g/mol. The van der Waals surface area contributed by atoms with Crippen LogP contribution in [-0.4, -0.2) is 72.7 Å². The topological polar surface area (TPSA) is 99.2 Å². The standard InChI is InChI=1S/C16H21N3O5/c1-18(11-14(20)19-6-8-24-9-7-19)16(23)17-10-12-2-4-13(5-3-12)15(21)22/h2-5H,6-11H2,1H3,(H,17,23)(H,21,22). The van der Waals surface area contributed by atoms with E-state index in [4.69, 9.17) is 9.84 Å². The first-order chi connectivity index (χ1) is 11.5. The Kier molecular flexibility index (Phi) is 6.14. The van der Waals surface area contributed by atoms with Crippen LogP contribution < -0.4 is 5.32 Å². The molecule has 8 heteroatoms. The second-order valence-corrected chi connectivity index (χ2v) is 5.51. The van der Waals surface area contributed by atoms with Gasteiger partial charge in [-0.3, -0.25) is 4.79 Å². The second-order valence-electron chi connectivity index (χ2n) is 5.51. The molecule has 1 fully saturated rings. The maximum absolute atomic E-state index is 12.1. The van der Waals surface area contributed by atoms with Crippen molar-refractivity contribution in [1.82, 2.24) is 15.1 Å². The van der Waals surface area contributed by atoms with Crippen LogP contribution in [0.2, 0.25) is 0 Å². The van der Waals surface area contributed by atoms with Crippen LogP contribution in [0.3, 0.4) is 0 Å². The molecule has 1 aromatic carbocycles. The van der Waals surface area contributed by atoms with Crippen LogP contribution in [0.4, 0.5) is 4.79 Å². The van der Waals surface area contributed by atoms with E-state index in [1.54, 1.807) is 24.1 Å². The molecule has 0 saturated carbocycles. The van der Waals surface area contributed by atoms with Gasteiger partial charge in [0.05, 0.1) is 18.8 Å². The number of urea groups is 1. The van der Waals surface area contributed by atoms with E-state index in [1.165, 1.54) is 17.0 Å². The van der Waals surface area contributed by atoms with Gasteiger partial charge in [-0.1, -0.05) is 12.1 Å². The fourth-order valence-corrected chi connectivity index (χ4v) is 2.27. The van der Waals surface area contributed by atoms with Crippen LogP contribution in [0.15, 0.2) is 24.3 Å². The van der Waals surface area contributed by atoms with Crippen molar-refractivity contribution in [3.05, 3.63) is 35.4 Å². The Labute approximate surface area is 140 Å². The number of carbonyl (C=O) groups excluding carboxylic acids is 2. The first-order valence-electron chi connectivity index (χ1n) is 7.64. The summed E-state index contributed by atoms with van der Waals surface area (Å²) in [6.45, 7) is 2.40. The molecule has 2 rings (SSSR count). The summed E-state index contributed by atoms with van der Waals surface area (Å²) < 4.78 is 5.19. The predicted octanol–water partition coefficient (Wildman–Crippen LogP) is 0.385. The Bertz CT molecular complexity index is 596. The van der Waals surface area contributed by atoms with Gasteiger partial charge in [0, 0.05) is 26.7 Å². The predicted molar refractivity (Wildman–Crippen MR) is 85.7 cm³/mol. The summed E-state index contributed by atoms with van der Waals surface area (Å²) in [5.41, 5.74) is 0.972. The Hall–Kier alpha value is -2.61. The molecular formula is C16H21N3O5. The summed E-state index contributed by atoms with van der Waals surface area (Å²) in [5.74, 6) is -1.10. The van der Waals surface area contributed by atoms with Gasteiger partial charge in [-0.05, 0) is 17.7 Å². The molecule has 0 radical (unpaired) electrons. The Morgan fingerprint density at radius 3 is 2.42 bits per heavy atom. The number of rotatable bonds is 5. The number of carboxylic acids is 1. The highest BCUT2D eigenvalue weighted by molar-refractivity contribution is 5.87. The molecule has 3 amide bonds. The van der Waals surface area contributed by atoms with E-state index in [1.807, 2.05) is 0 Å². The lowest BCUT2D eigenvalue weighted by Crippen LogP contribution is -2.47. The van der Waals surface area contributed by atoms with Gasteiger partial charge in [0.1, 0.15) is 6.54 Å². The number of likely N-dealkylation sites (N-methyl/N-ethyl adjacent to an activating group) is 1. The van der Waals surface area contributed by atoms with E-state index in [0.717, 1.165) is 5.56 Å². The lowest BCUT2D eigenvalue weighted by Gasteiger charge is -2.28. The highest BCUT2D eigenvalue weighted by atomic mass is 16.5. The van der Waals surface area contributed by atoms with Gasteiger partial charge < -0.3 is 25.0 Å². The van der Waals surface area contributed by atoms with Crippen molar-refractivity contribution in [1.29, 1.82) is 0 Å². The SMILES string of the molecule is CN(CC(=O)N1CCOCC1)C(=O)NCc1ccc(C(=O)O)cc1. The molecule has 2 N–H and O–H groups in total. The van der Waals surface area contributed by atoms with Crippen LogP contribution in [0, 0.1) is 0 Å². The molecule has 0 aromatic heterocycles. The molecule has 1 saturated heterocycles. The number of hydrogen-bond donors (Lipinski definition) is 2. The first-order valence-corrected chi connectivity index (χ1v) is 7.64. The molecule has 130 valence electrons. The molecular weight excluding hydrogens is 314 g/mol. The van der Waals surface area contributed by atoms with Gasteiger partial charge in [-0.15, -0.1) is 0 Å². The van der Waals surface area contributed by atoms with Crippen molar-refractivity contribution < 1.29 is 24.2 Å². The van der Waals surface area contributed by atoms with Crippen LogP contribution in [0.1, 0.15) is 15.9 Å². The smallest absolute Gasteiger partial charge is 0.335 e. The number of morpholine rings is 1. The number of carbonyl (C=O) groups is 3. The van der Waals surface area contributed by atoms with Crippen molar-refractivity contribution >= 4 is 17.9 Å². The van der Waals surface area contributed by atoms with Gasteiger partial charge >= 0.3 is 12.0 Å². The van der Waals surface area contributed by atoms with Crippen molar-refractivity contribution in [2.45, 2.75) is 6.54 Å². The van der Waals surface area contributed by atoms with E-state index >= 15 is 0 Å². The summed E-state index contributed by atoms with van der Waals surface area (Å²) in [7, 11) is 1.56. The minimum atomic E-state index is -0.994. The largest absolute Gasteiger partial charge is 0.478 e. The van der Waals surface area contributed by atoms with E-state index in [0.29, 0.717) is 26.3 Å². The number of carboxylic acid groups (broad SMARTS) is 1. The van der Waals surface area contributed by atoms with E-state index in [9.17, 15) is 14.4 Å². The van der Waals surface area contributed by atoms with Gasteiger partial charge in [0.25, 0.3) is 0 Å². The Balaban J connectivity index is 1.78. The maximum Gasteiger partial charge on any atom is 0.335 e. The second kappa shape index (κ2) is 8.30. The third-order valence-electron chi connectivity index (χ3n) is 3.73. The number of amides is 3. The first kappa shape index (κ1) is 17.7. The summed E-state index contributed by atoms with van der Waals surface area (Å²) >= 11 is 0. The van der Waals surface area contributed by atoms with E-state index in [2.05, 4.69) is 5.32 Å². The van der Waals surface area contributed by atoms with E-state index < -0.39 is 5.97 Å². The summed E-state index contributed by atoms with van der Waals surface area (Å²) in [4.78, 5) is 37.9. The third kappa shape index (κ3) is 4.95. The maximum atomic E-state index is 12.1. The number of benzene rings is 1. The zero-order valence-electron chi connectivity index (χ0n) is 13.5. The van der Waals surface area contributed by atoms with Gasteiger partial charge in [-0.2, -0.15) is 0 Å². The Morgan fingerprint density at radius 2 is 1.83 bits per heavy atom. The molecule has 8 nitrogen and oxygen atoms in total. The molecule has 1 heterocycles.